The lowest BCUT2D eigenvalue weighted by atomic mass is 10.1. The fourth-order valence-corrected chi connectivity index (χ4v) is 2.48. The summed E-state index contributed by atoms with van der Waals surface area (Å²) in [6, 6.07) is 8.94. The van der Waals surface area contributed by atoms with Gasteiger partial charge in [0.25, 0.3) is 0 Å². The van der Waals surface area contributed by atoms with Crippen molar-refractivity contribution in [1.82, 2.24) is 4.90 Å². The van der Waals surface area contributed by atoms with Crippen molar-refractivity contribution in [3.8, 4) is 0 Å². The number of hydrogen-bond donors (Lipinski definition) is 0. The van der Waals surface area contributed by atoms with Gasteiger partial charge in [-0.1, -0.05) is 46.6 Å². The predicted octanol–water partition coefficient (Wildman–Crippen LogP) is 4.15. The molecule has 1 aromatic rings. The van der Waals surface area contributed by atoms with Crippen LogP contribution >= 0.6 is 32.9 Å². The Labute approximate surface area is 117 Å². The Morgan fingerprint density at radius 2 is 1.50 bits per heavy atom. The van der Waals surface area contributed by atoms with Gasteiger partial charge in [-0.2, -0.15) is 0 Å². The van der Waals surface area contributed by atoms with Crippen molar-refractivity contribution >= 4 is 32.9 Å². The number of nitrogens with zero attached hydrogens (tertiary/aromatic N) is 1. The van der Waals surface area contributed by atoms with E-state index >= 15 is 0 Å². The Morgan fingerprint density at radius 3 is 2.06 bits per heavy atom. The highest BCUT2D eigenvalue weighted by Crippen LogP contribution is 2.14. The molecule has 0 aliphatic carbocycles. The van der Waals surface area contributed by atoms with E-state index in [-0.39, 0.29) is 17.0 Å². The molecule has 3 heteroatoms. The van der Waals surface area contributed by atoms with Crippen molar-refractivity contribution in [2.24, 2.45) is 0 Å². The maximum atomic E-state index is 3.47. The van der Waals surface area contributed by atoms with Crippen LogP contribution in [0.2, 0.25) is 0 Å². The molecule has 0 unspecified atom stereocenters. The lowest BCUT2D eigenvalue weighted by molar-refractivity contribution is 0.221. The Morgan fingerprint density at radius 1 is 0.938 bits per heavy atom. The van der Waals surface area contributed by atoms with Gasteiger partial charge in [0.1, 0.15) is 0 Å². The van der Waals surface area contributed by atoms with Gasteiger partial charge >= 0.3 is 0 Å². The molecule has 0 amide bonds. The van der Waals surface area contributed by atoms with Crippen molar-refractivity contribution in [2.75, 3.05) is 13.1 Å². The van der Waals surface area contributed by atoms with E-state index in [4.69, 9.17) is 0 Å². The molecule has 0 atom stereocenters. The van der Waals surface area contributed by atoms with Crippen molar-refractivity contribution < 1.29 is 0 Å². The standard InChI is InChI=1S/C13H18BrN.BrH/c14-10-12-4-6-13(7-5-12)11-15-8-2-1-3-9-15;/h4-7H,1-3,8-11H2;1H. The second-order valence-electron chi connectivity index (χ2n) is 4.29. The smallest absolute Gasteiger partial charge is 0.0283 e. The summed E-state index contributed by atoms with van der Waals surface area (Å²) < 4.78 is 0. The number of benzene rings is 1. The van der Waals surface area contributed by atoms with E-state index in [0.717, 1.165) is 11.9 Å². The number of likely N-dealkylation sites (tertiary alicyclic amines) is 1. The van der Waals surface area contributed by atoms with Crippen molar-refractivity contribution in [2.45, 2.75) is 31.1 Å². The fraction of sp³-hybridized carbons (Fsp3) is 0.538. The zero-order chi connectivity index (χ0) is 10.5. The van der Waals surface area contributed by atoms with Gasteiger partial charge in [0.05, 0.1) is 0 Å². The minimum absolute atomic E-state index is 0. The second kappa shape index (κ2) is 7.46. The van der Waals surface area contributed by atoms with Gasteiger partial charge in [-0.05, 0) is 37.1 Å². The Hall–Kier alpha value is 0.140. The summed E-state index contributed by atoms with van der Waals surface area (Å²) in [5.41, 5.74) is 2.80. The van der Waals surface area contributed by atoms with Crippen LogP contribution in [0, 0.1) is 0 Å². The molecular weight excluding hydrogens is 330 g/mol. The number of rotatable bonds is 3. The summed E-state index contributed by atoms with van der Waals surface area (Å²) in [4.78, 5) is 2.56. The quantitative estimate of drug-likeness (QED) is 0.742. The van der Waals surface area contributed by atoms with Crippen LogP contribution in [0.25, 0.3) is 0 Å². The van der Waals surface area contributed by atoms with Crippen LogP contribution in [0.3, 0.4) is 0 Å². The van der Waals surface area contributed by atoms with E-state index < -0.39 is 0 Å². The third kappa shape index (κ3) is 4.19. The highest BCUT2D eigenvalue weighted by Gasteiger charge is 2.09. The Bertz CT molecular complexity index is 291. The lowest BCUT2D eigenvalue weighted by Crippen LogP contribution is -2.29. The molecule has 0 bridgehead atoms. The first kappa shape index (κ1) is 14.2. The molecule has 1 heterocycles. The highest BCUT2D eigenvalue weighted by atomic mass is 79.9. The molecule has 2 rings (SSSR count). The minimum Gasteiger partial charge on any atom is -0.299 e. The topological polar surface area (TPSA) is 3.24 Å². The third-order valence-electron chi connectivity index (χ3n) is 3.03. The maximum absolute atomic E-state index is 3.47. The van der Waals surface area contributed by atoms with E-state index in [1.165, 1.54) is 43.5 Å². The molecule has 16 heavy (non-hydrogen) atoms. The molecule has 1 aliphatic rings. The van der Waals surface area contributed by atoms with Gasteiger partial charge in [-0.3, -0.25) is 4.90 Å². The average molecular weight is 349 g/mol. The minimum atomic E-state index is 0. The lowest BCUT2D eigenvalue weighted by Gasteiger charge is -2.26. The molecule has 0 N–H and O–H groups in total. The molecule has 0 saturated carbocycles. The van der Waals surface area contributed by atoms with Crippen LogP contribution in [-0.2, 0) is 11.9 Å². The van der Waals surface area contributed by atoms with Gasteiger partial charge < -0.3 is 0 Å². The molecule has 1 aliphatic heterocycles. The van der Waals surface area contributed by atoms with Crippen molar-refractivity contribution in [3.05, 3.63) is 35.4 Å². The number of hydrogen-bond acceptors (Lipinski definition) is 1. The van der Waals surface area contributed by atoms with Crippen LogP contribution in [0.5, 0.6) is 0 Å². The average Bonchev–Trinajstić information content (AvgIpc) is 2.31. The summed E-state index contributed by atoms with van der Waals surface area (Å²) in [7, 11) is 0. The first-order valence-corrected chi connectivity index (χ1v) is 6.87. The molecule has 1 aromatic carbocycles. The van der Waals surface area contributed by atoms with E-state index in [2.05, 4.69) is 45.1 Å². The van der Waals surface area contributed by atoms with Gasteiger partial charge in [0.2, 0.25) is 0 Å². The number of piperidine rings is 1. The van der Waals surface area contributed by atoms with Crippen molar-refractivity contribution in [3.63, 3.8) is 0 Å². The number of alkyl halides is 1. The third-order valence-corrected chi connectivity index (χ3v) is 3.68. The van der Waals surface area contributed by atoms with Crippen LogP contribution in [-0.4, -0.2) is 18.0 Å². The molecule has 0 radical (unpaired) electrons. The molecule has 90 valence electrons. The van der Waals surface area contributed by atoms with Gasteiger partial charge in [-0.15, -0.1) is 17.0 Å². The zero-order valence-corrected chi connectivity index (χ0v) is 12.8. The summed E-state index contributed by atoms with van der Waals surface area (Å²) in [5.74, 6) is 0. The predicted molar refractivity (Wildman–Crippen MR) is 78.5 cm³/mol. The molecule has 0 aromatic heterocycles. The van der Waals surface area contributed by atoms with E-state index in [9.17, 15) is 0 Å². The van der Waals surface area contributed by atoms with E-state index in [1.807, 2.05) is 0 Å². The summed E-state index contributed by atoms with van der Waals surface area (Å²) in [6.07, 6.45) is 4.16. The largest absolute Gasteiger partial charge is 0.299 e. The Kier molecular flexibility index (Phi) is 6.62. The zero-order valence-electron chi connectivity index (χ0n) is 9.49. The van der Waals surface area contributed by atoms with Gasteiger partial charge in [0.15, 0.2) is 0 Å². The van der Waals surface area contributed by atoms with Crippen LogP contribution in [0.1, 0.15) is 30.4 Å². The highest BCUT2D eigenvalue weighted by molar-refractivity contribution is 9.08. The normalized spacial score (nSPS) is 16.8. The van der Waals surface area contributed by atoms with Crippen LogP contribution < -0.4 is 0 Å². The maximum Gasteiger partial charge on any atom is 0.0283 e. The first-order chi connectivity index (χ1) is 7.38. The Balaban J connectivity index is 0.00000128. The fourth-order valence-electron chi connectivity index (χ4n) is 2.11. The molecule has 0 spiro atoms. The summed E-state index contributed by atoms with van der Waals surface area (Å²) in [6.45, 7) is 3.68. The van der Waals surface area contributed by atoms with E-state index in [0.29, 0.717) is 0 Å². The summed E-state index contributed by atoms with van der Waals surface area (Å²) in [5, 5.41) is 0.955. The first-order valence-electron chi connectivity index (χ1n) is 5.74. The number of halogens is 2. The summed E-state index contributed by atoms with van der Waals surface area (Å²) >= 11 is 3.47. The van der Waals surface area contributed by atoms with Crippen LogP contribution in [0.4, 0.5) is 0 Å². The molecule has 1 fully saturated rings. The molecular formula is C13H19Br2N. The monoisotopic (exact) mass is 347 g/mol. The van der Waals surface area contributed by atoms with E-state index in [1.54, 1.807) is 0 Å². The molecule has 1 nitrogen and oxygen atoms in total. The SMILES string of the molecule is Br.BrCc1ccc(CN2CCCCC2)cc1. The van der Waals surface area contributed by atoms with Gasteiger partial charge in [0, 0.05) is 11.9 Å². The van der Waals surface area contributed by atoms with Gasteiger partial charge in [-0.25, -0.2) is 0 Å². The second-order valence-corrected chi connectivity index (χ2v) is 4.85. The molecule has 1 saturated heterocycles. The van der Waals surface area contributed by atoms with Crippen LogP contribution in [0.15, 0.2) is 24.3 Å². The van der Waals surface area contributed by atoms with Crippen molar-refractivity contribution in [1.29, 1.82) is 0 Å².